The first-order valence-corrected chi connectivity index (χ1v) is 13.2. The number of carboxylic acids is 1. The minimum atomic E-state index is -1.19. The zero-order valence-electron chi connectivity index (χ0n) is 21.7. The predicted octanol–water partition coefficient (Wildman–Crippen LogP) is 3.61. The van der Waals surface area contributed by atoms with Crippen molar-refractivity contribution < 1.29 is 14.7 Å². The minimum absolute atomic E-state index is 0.0888. The highest BCUT2D eigenvalue weighted by Gasteiger charge is 2.32. The summed E-state index contributed by atoms with van der Waals surface area (Å²) in [7, 11) is 1.72. The molecule has 1 aliphatic carbocycles. The normalized spacial score (nSPS) is 16.8. The zero-order valence-corrected chi connectivity index (χ0v) is 22.5. The van der Waals surface area contributed by atoms with Crippen LogP contribution in [0, 0.1) is 12.8 Å². The van der Waals surface area contributed by atoms with Gasteiger partial charge in [0.25, 0.3) is 5.56 Å². The lowest BCUT2D eigenvalue weighted by molar-refractivity contribution is -0.138. The second-order valence-corrected chi connectivity index (χ2v) is 10.6. The molecule has 1 amide bonds. The van der Waals surface area contributed by atoms with Crippen LogP contribution in [0.5, 0.6) is 0 Å². The Morgan fingerprint density at radius 2 is 1.84 bits per heavy atom. The van der Waals surface area contributed by atoms with Crippen LogP contribution < -0.4 is 15.8 Å². The highest BCUT2D eigenvalue weighted by Crippen LogP contribution is 2.31. The summed E-state index contributed by atoms with van der Waals surface area (Å²) >= 11 is 5.91. The third-order valence-corrected chi connectivity index (χ3v) is 7.77. The number of rotatable bonds is 6. The van der Waals surface area contributed by atoms with Crippen LogP contribution in [0.15, 0.2) is 29.1 Å². The quantitative estimate of drug-likeness (QED) is 0.457. The molecule has 3 heterocycles. The Hall–Kier alpha value is -3.66. The van der Waals surface area contributed by atoms with Crippen LogP contribution in [0.3, 0.4) is 0 Å². The van der Waals surface area contributed by atoms with Crippen molar-refractivity contribution in [1.29, 1.82) is 0 Å². The second kappa shape index (κ2) is 10.2. The summed E-state index contributed by atoms with van der Waals surface area (Å²) in [5.41, 5.74) is 2.20. The Balaban J connectivity index is 1.47. The van der Waals surface area contributed by atoms with E-state index in [2.05, 4.69) is 15.2 Å². The molecule has 1 aliphatic heterocycles. The molecular formula is C27H31ClN6O4. The van der Waals surface area contributed by atoms with Crippen LogP contribution in [0.25, 0.3) is 10.9 Å². The highest BCUT2D eigenvalue weighted by atomic mass is 35.5. The maximum absolute atomic E-state index is 13.5. The van der Waals surface area contributed by atoms with Crippen LogP contribution >= 0.6 is 11.6 Å². The van der Waals surface area contributed by atoms with Gasteiger partial charge in [0, 0.05) is 44.7 Å². The van der Waals surface area contributed by atoms with E-state index in [4.69, 9.17) is 16.6 Å². The van der Waals surface area contributed by atoms with Crippen molar-refractivity contribution in [2.45, 2.75) is 39.2 Å². The monoisotopic (exact) mass is 538 g/mol. The Labute approximate surface area is 225 Å². The van der Waals surface area contributed by atoms with Gasteiger partial charge in [0.05, 0.1) is 22.6 Å². The fourth-order valence-corrected chi connectivity index (χ4v) is 5.37. The van der Waals surface area contributed by atoms with Gasteiger partial charge in [-0.1, -0.05) is 24.1 Å². The smallest absolute Gasteiger partial charge is 0.356 e. The maximum atomic E-state index is 13.5. The number of benzene rings is 1. The molecule has 1 saturated heterocycles. The molecule has 11 heteroatoms. The number of piperazine rings is 1. The predicted molar refractivity (Wildman–Crippen MR) is 146 cm³/mol. The molecule has 2 aromatic heterocycles. The van der Waals surface area contributed by atoms with E-state index in [-0.39, 0.29) is 34.3 Å². The lowest BCUT2D eigenvalue weighted by Gasteiger charge is -2.39. The SMILES string of the molecule is Cc1cc(C(C)Nc2ccc(Cl)nc2C(=O)O)c2nc(N3CCN(C(=O)C4CCC4)CC3)n(C)c(=O)c2c1. The number of aryl methyl sites for hydroxylation is 1. The topological polar surface area (TPSA) is 121 Å². The Morgan fingerprint density at radius 1 is 1.13 bits per heavy atom. The number of halogens is 1. The number of amides is 1. The van der Waals surface area contributed by atoms with Gasteiger partial charge >= 0.3 is 5.97 Å². The second-order valence-electron chi connectivity index (χ2n) is 10.2. The van der Waals surface area contributed by atoms with Gasteiger partial charge in [0.15, 0.2) is 5.69 Å². The third-order valence-electron chi connectivity index (χ3n) is 7.56. The third kappa shape index (κ3) is 4.80. The number of carbonyl (C=O) groups excluding carboxylic acids is 1. The highest BCUT2D eigenvalue weighted by molar-refractivity contribution is 6.29. The average Bonchev–Trinajstić information content (AvgIpc) is 2.86. The van der Waals surface area contributed by atoms with E-state index in [0.717, 1.165) is 30.4 Å². The summed E-state index contributed by atoms with van der Waals surface area (Å²) < 4.78 is 1.57. The van der Waals surface area contributed by atoms with E-state index in [9.17, 15) is 19.5 Å². The van der Waals surface area contributed by atoms with Gasteiger partial charge in [-0.3, -0.25) is 14.2 Å². The molecule has 2 fully saturated rings. The van der Waals surface area contributed by atoms with Gasteiger partial charge in [0.2, 0.25) is 11.9 Å². The molecule has 0 radical (unpaired) electrons. The molecule has 1 aromatic carbocycles. The van der Waals surface area contributed by atoms with Crippen molar-refractivity contribution in [2.75, 3.05) is 36.4 Å². The Morgan fingerprint density at radius 3 is 2.47 bits per heavy atom. The van der Waals surface area contributed by atoms with Gasteiger partial charge in [-0.15, -0.1) is 0 Å². The number of aromatic nitrogens is 3. The number of hydrogen-bond acceptors (Lipinski definition) is 7. The fourth-order valence-electron chi connectivity index (χ4n) is 5.22. The number of carboxylic acid groups (broad SMARTS) is 1. The zero-order chi connectivity index (χ0) is 27.1. The van der Waals surface area contributed by atoms with Gasteiger partial charge in [-0.2, -0.15) is 0 Å². The molecule has 10 nitrogen and oxygen atoms in total. The molecular weight excluding hydrogens is 508 g/mol. The molecule has 2 aliphatic rings. The van der Waals surface area contributed by atoms with Crippen molar-refractivity contribution in [3.63, 3.8) is 0 Å². The average molecular weight is 539 g/mol. The van der Waals surface area contributed by atoms with E-state index < -0.39 is 5.97 Å². The van der Waals surface area contributed by atoms with Crippen molar-refractivity contribution in [3.05, 3.63) is 56.6 Å². The van der Waals surface area contributed by atoms with E-state index in [1.807, 2.05) is 30.9 Å². The summed E-state index contributed by atoms with van der Waals surface area (Å²) in [4.78, 5) is 50.8. The van der Waals surface area contributed by atoms with Crippen molar-refractivity contribution >= 4 is 46.0 Å². The fraction of sp³-hybridized carbons (Fsp3) is 0.444. The largest absolute Gasteiger partial charge is 0.476 e. The summed E-state index contributed by atoms with van der Waals surface area (Å²) in [6.45, 7) is 6.19. The number of fused-ring (bicyclic) bond motifs is 1. The van der Waals surface area contributed by atoms with Crippen molar-refractivity contribution in [1.82, 2.24) is 19.4 Å². The number of carbonyl (C=O) groups is 2. The van der Waals surface area contributed by atoms with Crippen LogP contribution in [0.4, 0.5) is 11.6 Å². The summed E-state index contributed by atoms with van der Waals surface area (Å²) in [5, 5.41) is 13.4. The number of aromatic carboxylic acids is 1. The summed E-state index contributed by atoms with van der Waals surface area (Å²) in [6.07, 6.45) is 3.09. The van der Waals surface area contributed by atoms with Crippen LogP contribution in [0.2, 0.25) is 5.15 Å². The first-order valence-electron chi connectivity index (χ1n) is 12.9. The summed E-state index contributed by atoms with van der Waals surface area (Å²) in [6, 6.07) is 6.50. The van der Waals surface area contributed by atoms with Crippen molar-refractivity contribution in [3.8, 4) is 0 Å². The van der Waals surface area contributed by atoms with Gasteiger partial charge in [-0.05, 0) is 50.5 Å². The number of hydrogen-bond donors (Lipinski definition) is 2. The maximum Gasteiger partial charge on any atom is 0.356 e. The minimum Gasteiger partial charge on any atom is -0.476 e. The molecule has 2 N–H and O–H groups in total. The molecule has 38 heavy (non-hydrogen) atoms. The standard InChI is InChI=1S/C27H31ClN6O4/c1-15-13-18(16(2)29-20-7-8-21(28)30-23(20)26(37)38)22-19(14-15)25(36)32(3)27(31-22)34-11-9-33(10-12-34)24(35)17-5-4-6-17/h7-8,13-14,16-17,29H,4-6,9-12H2,1-3H3,(H,37,38). The summed E-state index contributed by atoms with van der Waals surface area (Å²) in [5.74, 6) is -0.233. The van der Waals surface area contributed by atoms with Crippen LogP contribution in [-0.4, -0.2) is 62.6 Å². The lowest BCUT2D eigenvalue weighted by atomic mass is 9.84. The van der Waals surface area contributed by atoms with Gasteiger partial charge in [0.1, 0.15) is 5.15 Å². The molecule has 0 spiro atoms. The molecule has 200 valence electrons. The lowest BCUT2D eigenvalue weighted by Crippen LogP contribution is -2.52. The van der Waals surface area contributed by atoms with E-state index in [1.54, 1.807) is 17.7 Å². The molecule has 3 aromatic rings. The van der Waals surface area contributed by atoms with Gasteiger partial charge < -0.3 is 20.2 Å². The van der Waals surface area contributed by atoms with Gasteiger partial charge in [-0.25, -0.2) is 14.8 Å². The van der Waals surface area contributed by atoms with E-state index in [1.165, 1.54) is 6.07 Å². The van der Waals surface area contributed by atoms with Crippen LogP contribution in [0.1, 0.15) is 53.8 Å². The first kappa shape index (κ1) is 26.0. The Kier molecular flexibility index (Phi) is 7.00. The number of nitrogens with one attached hydrogen (secondary N) is 1. The number of pyridine rings is 1. The first-order chi connectivity index (χ1) is 18.1. The van der Waals surface area contributed by atoms with E-state index >= 15 is 0 Å². The number of nitrogens with zero attached hydrogens (tertiary/aromatic N) is 5. The van der Waals surface area contributed by atoms with E-state index in [0.29, 0.717) is 48.7 Å². The molecule has 5 rings (SSSR count). The molecule has 1 saturated carbocycles. The van der Waals surface area contributed by atoms with Crippen molar-refractivity contribution in [2.24, 2.45) is 13.0 Å². The molecule has 1 unspecified atom stereocenters. The number of anilines is 2. The Bertz CT molecular complexity index is 1480. The molecule has 0 bridgehead atoms. The molecule has 1 atom stereocenters. The van der Waals surface area contributed by atoms with Crippen LogP contribution in [-0.2, 0) is 11.8 Å².